The van der Waals surface area contributed by atoms with Crippen molar-refractivity contribution >= 4 is 11.1 Å². The average molecular weight is 509 g/mol. The number of rotatable bonds is 7. The van der Waals surface area contributed by atoms with Gasteiger partial charge in [-0.1, -0.05) is 66.7 Å². The van der Waals surface area contributed by atoms with Crippen LogP contribution >= 0.6 is 0 Å². The minimum absolute atomic E-state index is 0.168. The molecule has 0 amide bonds. The third-order valence-corrected chi connectivity index (χ3v) is 6.60. The summed E-state index contributed by atoms with van der Waals surface area (Å²) in [5.74, 6) is 1.15. The largest absolute Gasteiger partial charge is 0.496 e. The topological polar surface area (TPSA) is 27.7 Å². The molecule has 0 aromatic heterocycles. The first-order valence-electron chi connectivity index (χ1n) is 13.0. The zero-order chi connectivity index (χ0) is 26.7. The Bertz CT molecular complexity index is 1450. The van der Waals surface area contributed by atoms with Crippen molar-refractivity contribution < 1.29 is 18.6 Å². The molecule has 0 radical (unpaired) electrons. The molecule has 0 atom stereocenters. The van der Waals surface area contributed by atoms with Gasteiger partial charge in [0.05, 0.1) is 7.11 Å². The first-order chi connectivity index (χ1) is 18.3. The number of hydrogen-bond acceptors (Lipinski definition) is 3. The van der Waals surface area contributed by atoms with Crippen LogP contribution in [0.4, 0.5) is 4.39 Å². The molecule has 3 nitrogen and oxygen atoms in total. The number of methoxy groups -OCH3 is 1. The highest BCUT2D eigenvalue weighted by Gasteiger charge is 2.26. The lowest BCUT2D eigenvalue weighted by Crippen LogP contribution is -2.23. The molecule has 0 aliphatic heterocycles. The molecule has 4 aromatic carbocycles. The molecule has 5 rings (SSSR count). The Labute approximate surface area is 224 Å². The highest BCUT2D eigenvalue weighted by atomic mass is 19.1. The normalized spacial score (nSPS) is 13.2. The molecule has 194 valence electrons. The highest BCUT2D eigenvalue weighted by Crippen LogP contribution is 2.46. The number of benzene rings is 4. The van der Waals surface area contributed by atoms with Crippen molar-refractivity contribution in [1.29, 1.82) is 0 Å². The monoisotopic (exact) mass is 508 g/mol. The Morgan fingerprint density at radius 3 is 2.16 bits per heavy atom. The van der Waals surface area contributed by atoms with Gasteiger partial charge in [0.1, 0.15) is 23.7 Å². The fourth-order valence-electron chi connectivity index (χ4n) is 4.97. The maximum absolute atomic E-state index is 15.6. The van der Waals surface area contributed by atoms with Crippen LogP contribution in [0.25, 0.3) is 11.1 Å². The molecular weight excluding hydrogens is 475 g/mol. The molecule has 0 unspecified atom stereocenters. The van der Waals surface area contributed by atoms with Gasteiger partial charge >= 0.3 is 0 Å². The quantitative estimate of drug-likeness (QED) is 0.250. The van der Waals surface area contributed by atoms with E-state index in [-0.39, 0.29) is 18.0 Å². The predicted molar refractivity (Wildman–Crippen MR) is 151 cm³/mol. The molecule has 0 heterocycles. The van der Waals surface area contributed by atoms with E-state index < -0.39 is 5.82 Å². The van der Waals surface area contributed by atoms with Crippen LogP contribution in [-0.2, 0) is 13.0 Å². The predicted octanol–water partition coefficient (Wildman–Crippen LogP) is 8.50. The van der Waals surface area contributed by atoms with Crippen molar-refractivity contribution in [3.63, 3.8) is 0 Å². The van der Waals surface area contributed by atoms with Gasteiger partial charge in [0.25, 0.3) is 0 Å². The van der Waals surface area contributed by atoms with Crippen LogP contribution in [0.5, 0.6) is 17.2 Å². The molecule has 0 saturated carbocycles. The van der Waals surface area contributed by atoms with Crippen molar-refractivity contribution in [3.05, 3.63) is 125 Å². The third-order valence-electron chi connectivity index (χ3n) is 6.60. The molecule has 1 aliphatic carbocycles. The molecule has 4 aromatic rings. The van der Waals surface area contributed by atoms with Gasteiger partial charge in [0, 0.05) is 11.6 Å². The maximum atomic E-state index is 15.6. The smallest absolute Gasteiger partial charge is 0.165 e. The van der Waals surface area contributed by atoms with Crippen molar-refractivity contribution in [2.45, 2.75) is 45.8 Å². The molecular formula is C34H33FO3. The first-order valence-corrected chi connectivity index (χ1v) is 13.0. The Balaban J connectivity index is 1.61. The number of fused-ring (bicyclic) bond motifs is 1. The van der Waals surface area contributed by atoms with E-state index in [1.54, 1.807) is 19.2 Å². The van der Waals surface area contributed by atoms with Crippen molar-refractivity contribution in [2.24, 2.45) is 0 Å². The summed E-state index contributed by atoms with van der Waals surface area (Å²) in [7, 11) is 1.62. The van der Waals surface area contributed by atoms with Crippen LogP contribution < -0.4 is 14.2 Å². The Hall–Kier alpha value is -4.05. The molecule has 1 aliphatic rings. The van der Waals surface area contributed by atoms with Crippen LogP contribution in [0.2, 0.25) is 0 Å². The number of aryl methyl sites for hydroxylation is 1. The van der Waals surface area contributed by atoms with E-state index in [1.807, 2.05) is 75.4 Å². The SMILES string of the molecule is COc1cc(OCc2ccccc2)c(F)cc1C1=C(c2ccccc2)CCc2cc(OC(C)(C)C)ccc21. The van der Waals surface area contributed by atoms with Crippen LogP contribution in [0, 0.1) is 5.82 Å². The molecule has 0 fully saturated rings. The molecule has 0 bridgehead atoms. The molecule has 4 heteroatoms. The van der Waals surface area contributed by atoms with E-state index in [9.17, 15) is 0 Å². The zero-order valence-electron chi connectivity index (χ0n) is 22.4. The van der Waals surface area contributed by atoms with Crippen molar-refractivity contribution in [3.8, 4) is 17.2 Å². The summed E-state index contributed by atoms with van der Waals surface area (Å²) in [5, 5.41) is 0. The van der Waals surface area contributed by atoms with E-state index in [0.29, 0.717) is 11.3 Å². The Morgan fingerprint density at radius 2 is 1.47 bits per heavy atom. The van der Waals surface area contributed by atoms with Crippen LogP contribution in [0.3, 0.4) is 0 Å². The van der Waals surface area contributed by atoms with Crippen LogP contribution in [0.1, 0.15) is 55.0 Å². The van der Waals surface area contributed by atoms with Gasteiger partial charge in [-0.2, -0.15) is 0 Å². The van der Waals surface area contributed by atoms with Gasteiger partial charge in [-0.05, 0) is 85.2 Å². The lowest BCUT2D eigenvalue weighted by atomic mass is 9.79. The molecule has 0 N–H and O–H groups in total. The second-order valence-corrected chi connectivity index (χ2v) is 10.5. The second-order valence-electron chi connectivity index (χ2n) is 10.5. The lowest BCUT2D eigenvalue weighted by molar-refractivity contribution is 0.131. The number of hydrogen-bond donors (Lipinski definition) is 0. The highest BCUT2D eigenvalue weighted by molar-refractivity contribution is 6.02. The summed E-state index contributed by atoms with van der Waals surface area (Å²) in [6, 6.07) is 29.4. The zero-order valence-corrected chi connectivity index (χ0v) is 22.4. The first kappa shape index (κ1) is 25.6. The Kier molecular flexibility index (Phi) is 7.24. The fraction of sp³-hybridized carbons (Fsp3) is 0.235. The molecule has 0 spiro atoms. The summed E-state index contributed by atoms with van der Waals surface area (Å²) < 4.78 is 33.4. The van der Waals surface area contributed by atoms with Crippen molar-refractivity contribution in [1.82, 2.24) is 0 Å². The van der Waals surface area contributed by atoms with E-state index in [0.717, 1.165) is 40.9 Å². The van der Waals surface area contributed by atoms with Crippen molar-refractivity contribution in [2.75, 3.05) is 7.11 Å². The maximum Gasteiger partial charge on any atom is 0.165 e. The fourth-order valence-corrected chi connectivity index (χ4v) is 4.97. The van der Waals surface area contributed by atoms with Gasteiger partial charge in [-0.3, -0.25) is 0 Å². The van der Waals surface area contributed by atoms with Gasteiger partial charge in [-0.25, -0.2) is 4.39 Å². The number of ether oxygens (including phenoxy) is 3. The summed E-state index contributed by atoms with van der Waals surface area (Å²) in [6.45, 7) is 6.40. The van der Waals surface area contributed by atoms with Gasteiger partial charge in [-0.15, -0.1) is 0 Å². The minimum atomic E-state index is -0.420. The van der Waals surface area contributed by atoms with E-state index in [1.165, 1.54) is 11.1 Å². The number of allylic oxidation sites excluding steroid dienone is 1. The van der Waals surface area contributed by atoms with Gasteiger partial charge in [0.2, 0.25) is 0 Å². The van der Waals surface area contributed by atoms with E-state index >= 15 is 4.39 Å². The summed E-state index contributed by atoms with van der Waals surface area (Å²) in [6.07, 6.45) is 1.69. The standard InChI is InChI=1S/C34H33FO3/c1-34(2,3)38-26-16-18-28-25(19-26)15-17-27(24-13-9-6-10-14-24)33(28)29-20-30(35)32(21-31(29)36-4)37-22-23-11-7-5-8-12-23/h5-14,16,18-21H,15,17,22H2,1-4H3. The second kappa shape index (κ2) is 10.7. The number of halogens is 1. The Morgan fingerprint density at radius 1 is 0.763 bits per heavy atom. The molecule has 0 saturated heterocycles. The van der Waals surface area contributed by atoms with Crippen LogP contribution in [0.15, 0.2) is 91.0 Å². The van der Waals surface area contributed by atoms with Gasteiger partial charge in [0.15, 0.2) is 11.6 Å². The minimum Gasteiger partial charge on any atom is -0.496 e. The molecule has 38 heavy (non-hydrogen) atoms. The van der Waals surface area contributed by atoms with Gasteiger partial charge < -0.3 is 14.2 Å². The summed E-state index contributed by atoms with van der Waals surface area (Å²) in [5.41, 5.74) is 6.89. The average Bonchev–Trinajstić information content (AvgIpc) is 2.91. The summed E-state index contributed by atoms with van der Waals surface area (Å²) in [4.78, 5) is 0. The third kappa shape index (κ3) is 5.60. The summed E-state index contributed by atoms with van der Waals surface area (Å²) >= 11 is 0. The van der Waals surface area contributed by atoms with E-state index in [4.69, 9.17) is 14.2 Å². The lowest BCUT2D eigenvalue weighted by Gasteiger charge is -2.28. The van der Waals surface area contributed by atoms with Crippen LogP contribution in [-0.4, -0.2) is 12.7 Å². The van der Waals surface area contributed by atoms with E-state index in [2.05, 4.69) is 24.3 Å².